The van der Waals surface area contributed by atoms with E-state index in [1.54, 1.807) is 6.08 Å². The van der Waals surface area contributed by atoms with Gasteiger partial charge in [0, 0.05) is 6.42 Å². The largest absolute Gasteiger partial charge is 0.394 e. The molecule has 1 heterocycles. The molecule has 1 aliphatic heterocycles. The summed E-state index contributed by atoms with van der Waals surface area (Å²) in [4.78, 5) is 13.0. The van der Waals surface area contributed by atoms with Crippen molar-refractivity contribution in [3.63, 3.8) is 0 Å². The quantitative estimate of drug-likeness (QED) is 0.0261. The van der Waals surface area contributed by atoms with E-state index < -0.39 is 49.5 Å². The maximum Gasteiger partial charge on any atom is 0.220 e. The third-order valence-corrected chi connectivity index (χ3v) is 13.2. The van der Waals surface area contributed by atoms with Crippen LogP contribution in [0.3, 0.4) is 0 Å². The normalized spacial score (nSPS) is 20.0. The van der Waals surface area contributed by atoms with E-state index in [-0.39, 0.29) is 12.5 Å². The monoisotopic (exact) mass is 982 g/mol. The molecule has 1 amide bonds. The molecule has 70 heavy (non-hydrogen) atoms. The van der Waals surface area contributed by atoms with Crippen molar-refractivity contribution in [2.45, 2.75) is 281 Å². The fourth-order valence-corrected chi connectivity index (χ4v) is 8.69. The summed E-state index contributed by atoms with van der Waals surface area (Å²) in [5, 5.41) is 54.1. The predicted octanol–water partition coefficient (Wildman–Crippen LogP) is 14.2. The van der Waals surface area contributed by atoms with E-state index in [9.17, 15) is 30.3 Å². The van der Waals surface area contributed by atoms with Gasteiger partial charge in [0.2, 0.25) is 5.91 Å². The van der Waals surface area contributed by atoms with E-state index in [2.05, 4.69) is 92.1 Å². The average molecular weight is 983 g/mol. The molecule has 6 N–H and O–H groups in total. The van der Waals surface area contributed by atoms with Crippen molar-refractivity contribution in [2.24, 2.45) is 0 Å². The Kier molecular flexibility index (Phi) is 46.6. The van der Waals surface area contributed by atoms with Crippen molar-refractivity contribution in [1.29, 1.82) is 0 Å². The van der Waals surface area contributed by atoms with Gasteiger partial charge in [0.25, 0.3) is 0 Å². The van der Waals surface area contributed by atoms with Crippen LogP contribution in [0.1, 0.15) is 239 Å². The number of rotatable bonds is 48. The van der Waals surface area contributed by atoms with Crippen molar-refractivity contribution in [2.75, 3.05) is 13.2 Å². The van der Waals surface area contributed by atoms with Crippen molar-refractivity contribution >= 4 is 5.91 Å². The highest BCUT2D eigenvalue weighted by atomic mass is 16.7. The molecule has 404 valence electrons. The van der Waals surface area contributed by atoms with Crippen LogP contribution in [-0.4, -0.2) is 87.5 Å². The van der Waals surface area contributed by atoms with Crippen molar-refractivity contribution in [3.8, 4) is 0 Å². The number of allylic oxidation sites excluding steroid dienone is 13. The van der Waals surface area contributed by atoms with Crippen LogP contribution in [-0.2, 0) is 14.3 Å². The SMILES string of the molecule is CC/C=C\C/C=C\C/C=C\C/C=C\C/C=C\C/C=C\CCCCCCCCCCCCCCCCCCCCCCC(=O)NC(COC1OC(CO)C(O)C(O)C1O)C(O)/C=C/CCCCCCCC. The predicted molar refractivity (Wildman–Crippen MR) is 295 cm³/mol. The topological polar surface area (TPSA) is 149 Å². The Morgan fingerprint density at radius 3 is 1.31 bits per heavy atom. The molecule has 1 rings (SSSR count). The van der Waals surface area contributed by atoms with Crippen LogP contribution in [0.15, 0.2) is 85.1 Å². The number of aliphatic hydroxyl groups is 5. The lowest BCUT2D eigenvalue weighted by Gasteiger charge is -2.40. The summed E-state index contributed by atoms with van der Waals surface area (Å²) in [6.45, 7) is 3.61. The van der Waals surface area contributed by atoms with Crippen LogP contribution in [0.4, 0.5) is 0 Å². The second-order valence-electron chi connectivity index (χ2n) is 19.7. The molecule has 1 fully saturated rings. The van der Waals surface area contributed by atoms with Gasteiger partial charge < -0.3 is 40.3 Å². The van der Waals surface area contributed by atoms with Crippen LogP contribution in [0.2, 0.25) is 0 Å². The molecule has 0 saturated carbocycles. The maximum atomic E-state index is 13.0. The molecule has 0 bridgehead atoms. The van der Waals surface area contributed by atoms with Crippen molar-refractivity contribution in [3.05, 3.63) is 85.1 Å². The summed E-state index contributed by atoms with van der Waals surface area (Å²) in [6, 6.07) is -0.803. The fourth-order valence-electron chi connectivity index (χ4n) is 8.69. The number of nitrogens with one attached hydrogen (secondary N) is 1. The molecule has 9 nitrogen and oxygen atoms in total. The number of aliphatic hydroxyl groups excluding tert-OH is 5. The van der Waals surface area contributed by atoms with E-state index in [0.29, 0.717) is 6.42 Å². The first kappa shape index (κ1) is 65.4. The molecule has 7 atom stereocenters. The third-order valence-electron chi connectivity index (χ3n) is 13.2. The third kappa shape index (κ3) is 39.0. The number of amides is 1. The molecular weight excluding hydrogens is 875 g/mol. The van der Waals surface area contributed by atoms with Gasteiger partial charge in [0.05, 0.1) is 25.4 Å². The first-order valence-corrected chi connectivity index (χ1v) is 28.8. The minimum atomic E-state index is -1.57. The zero-order valence-corrected chi connectivity index (χ0v) is 44.7. The van der Waals surface area contributed by atoms with E-state index in [1.165, 1.54) is 141 Å². The van der Waals surface area contributed by atoms with Crippen LogP contribution < -0.4 is 5.32 Å². The number of hydrogen-bond acceptors (Lipinski definition) is 8. The summed E-state index contributed by atoms with van der Waals surface area (Å²) in [5.41, 5.74) is 0. The van der Waals surface area contributed by atoms with Gasteiger partial charge in [-0.25, -0.2) is 0 Å². The first-order chi connectivity index (χ1) is 34.3. The Bertz CT molecular complexity index is 1370. The van der Waals surface area contributed by atoms with Gasteiger partial charge in [0.15, 0.2) is 6.29 Å². The van der Waals surface area contributed by atoms with Crippen LogP contribution in [0.5, 0.6) is 0 Å². The highest BCUT2D eigenvalue weighted by Crippen LogP contribution is 2.23. The lowest BCUT2D eigenvalue weighted by atomic mass is 9.99. The highest BCUT2D eigenvalue weighted by Gasteiger charge is 2.44. The van der Waals surface area contributed by atoms with Gasteiger partial charge in [0.1, 0.15) is 24.4 Å². The van der Waals surface area contributed by atoms with Gasteiger partial charge in [-0.2, -0.15) is 0 Å². The van der Waals surface area contributed by atoms with Gasteiger partial charge in [-0.3, -0.25) is 4.79 Å². The number of hydrogen-bond donors (Lipinski definition) is 6. The summed E-state index contributed by atoms with van der Waals surface area (Å²) in [5.74, 6) is -0.180. The van der Waals surface area contributed by atoms with Crippen LogP contribution >= 0.6 is 0 Å². The van der Waals surface area contributed by atoms with E-state index in [1.807, 2.05) is 6.08 Å². The second-order valence-corrected chi connectivity index (χ2v) is 19.7. The maximum absolute atomic E-state index is 13.0. The minimum Gasteiger partial charge on any atom is -0.394 e. The average Bonchev–Trinajstić information content (AvgIpc) is 3.36. The Hall–Kier alpha value is -2.63. The zero-order valence-electron chi connectivity index (χ0n) is 44.7. The summed E-state index contributed by atoms with van der Waals surface area (Å²) in [6.07, 6.45) is 64.1. The molecule has 0 aromatic carbocycles. The Balaban J connectivity index is 2.01. The summed E-state index contributed by atoms with van der Waals surface area (Å²) in [7, 11) is 0. The van der Waals surface area contributed by atoms with E-state index in [4.69, 9.17) is 9.47 Å². The lowest BCUT2D eigenvalue weighted by Crippen LogP contribution is -2.60. The number of unbranched alkanes of at least 4 members (excludes halogenated alkanes) is 26. The minimum absolute atomic E-state index is 0.180. The van der Waals surface area contributed by atoms with Crippen molar-refractivity contribution in [1.82, 2.24) is 5.32 Å². The summed E-state index contributed by atoms with van der Waals surface area (Å²) >= 11 is 0. The van der Waals surface area contributed by atoms with E-state index >= 15 is 0 Å². The molecule has 1 aliphatic rings. The molecule has 0 aliphatic carbocycles. The first-order valence-electron chi connectivity index (χ1n) is 28.8. The summed E-state index contributed by atoms with van der Waals surface area (Å²) < 4.78 is 11.2. The highest BCUT2D eigenvalue weighted by molar-refractivity contribution is 5.76. The molecule has 0 spiro atoms. The fraction of sp³-hybridized carbons (Fsp3) is 0.754. The van der Waals surface area contributed by atoms with Gasteiger partial charge >= 0.3 is 0 Å². The van der Waals surface area contributed by atoms with Gasteiger partial charge in [-0.15, -0.1) is 0 Å². The Morgan fingerprint density at radius 1 is 0.500 bits per heavy atom. The molecule has 1 saturated heterocycles. The van der Waals surface area contributed by atoms with Crippen LogP contribution in [0.25, 0.3) is 0 Å². The van der Waals surface area contributed by atoms with Crippen molar-refractivity contribution < 1.29 is 39.8 Å². The lowest BCUT2D eigenvalue weighted by molar-refractivity contribution is -0.302. The zero-order chi connectivity index (χ0) is 50.8. The van der Waals surface area contributed by atoms with E-state index in [0.717, 1.165) is 77.0 Å². The molecular formula is C61H107NO8. The molecule has 0 aromatic rings. The number of ether oxygens (including phenoxy) is 2. The van der Waals surface area contributed by atoms with Gasteiger partial charge in [-0.05, 0) is 70.6 Å². The Morgan fingerprint density at radius 2 is 0.886 bits per heavy atom. The Labute approximate surface area is 429 Å². The van der Waals surface area contributed by atoms with Crippen LogP contribution in [0, 0.1) is 0 Å². The number of carbonyl (C=O) groups excluding carboxylic acids is 1. The second kappa shape index (κ2) is 49.9. The molecule has 7 unspecified atom stereocenters. The molecule has 0 aromatic heterocycles. The smallest absolute Gasteiger partial charge is 0.220 e. The standard InChI is InChI=1S/C61H107NO8/c1-3-5-7-9-11-13-14-15-16-17-18-19-20-21-22-23-24-25-26-27-28-29-30-31-32-33-34-35-36-37-38-39-40-41-42-43-45-47-49-51-57(65)62-54(55(64)50-48-46-44-12-10-8-6-4-2)53-69-61-60(68)59(67)58(66)56(52-63)70-61/h5,7,11,13,15-16,18-19,21-22,24-25,48,50,54-56,58-61,63-64,66-68H,3-4,6,8-10,12,14,17,20,23,26-47,49,51-53H2,1-2H3,(H,62,65)/b7-5-,13-11-,16-15-,19-18-,22-21-,25-24-,50-48+. The number of carbonyl (C=O) groups is 1. The van der Waals surface area contributed by atoms with Gasteiger partial charge in [-0.1, -0.05) is 247 Å². The molecule has 0 radical (unpaired) electrons. The molecule has 9 heteroatoms.